The first kappa shape index (κ1) is 11.9. The molecule has 0 radical (unpaired) electrons. The Morgan fingerprint density at radius 3 is 2.65 bits per heavy atom. The number of para-hydroxylation sites is 1. The molecule has 0 aliphatic heterocycles. The third-order valence-corrected chi connectivity index (χ3v) is 3.29. The summed E-state index contributed by atoms with van der Waals surface area (Å²) in [5, 5.41) is 18.3. The number of aliphatic hydroxyl groups excluding tert-OH is 1. The lowest BCUT2D eigenvalue weighted by atomic mass is 9.82. The summed E-state index contributed by atoms with van der Waals surface area (Å²) >= 11 is 0. The van der Waals surface area contributed by atoms with Crippen molar-refractivity contribution in [3.05, 3.63) is 29.8 Å². The predicted octanol–water partition coefficient (Wildman–Crippen LogP) is 1.59. The average Bonchev–Trinajstić information content (AvgIpc) is 2.27. The molecule has 2 rings (SSSR count). The van der Waals surface area contributed by atoms with Crippen LogP contribution in [0.5, 0.6) is 0 Å². The highest BCUT2D eigenvalue weighted by molar-refractivity contribution is 5.94. The number of carboxylic acids is 1. The lowest BCUT2D eigenvalue weighted by molar-refractivity contribution is 0.0463. The van der Waals surface area contributed by atoms with E-state index >= 15 is 0 Å². The van der Waals surface area contributed by atoms with E-state index < -0.39 is 5.97 Å². The first-order valence-electron chi connectivity index (χ1n) is 5.79. The number of carboxylic acid groups (broad SMARTS) is 1. The zero-order chi connectivity index (χ0) is 12.4. The largest absolute Gasteiger partial charge is 0.478 e. The number of hydrogen-bond donors (Lipinski definition) is 2. The predicted molar refractivity (Wildman–Crippen MR) is 65.4 cm³/mol. The van der Waals surface area contributed by atoms with Gasteiger partial charge >= 0.3 is 5.97 Å². The Morgan fingerprint density at radius 1 is 1.41 bits per heavy atom. The molecule has 92 valence electrons. The Labute approximate surface area is 100 Å². The van der Waals surface area contributed by atoms with Gasteiger partial charge in [0.25, 0.3) is 0 Å². The van der Waals surface area contributed by atoms with Crippen LogP contribution in [0.15, 0.2) is 24.3 Å². The molecule has 0 aromatic heterocycles. The second-order valence-corrected chi connectivity index (χ2v) is 4.69. The van der Waals surface area contributed by atoms with E-state index in [0.29, 0.717) is 11.5 Å². The summed E-state index contributed by atoms with van der Waals surface area (Å²) in [6.45, 7) is 0.793. The maximum atomic E-state index is 11.1. The Bertz CT molecular complexity index is 413. The number of anilines is 1. The molecule has 4 nitrogen and oxygen atoms in total. The van der Waals surface area contributed by atoms with Crippen LogP contribution in [0.3, 0.4) is 0 Å². The number of aromatic carboxylic acids is 1. The zero-order valence-corrected chi connectivity index (χ0v) is 9.84. The van der Waals surface area contributed by atoms with Crippen molar-refractivity contribution in [3.8, 4) is 0 Å². The van der Waals surface area contributed by atoms with E-state index in [9.17, 15) is 9.90 Å². The molecule has 0 atom stereocenters. The fourth-order valence-corrected chi connectivity index (χ4v) is 2.32. The molecular weight excluding hydrogens is 218 g/mol. The molecule has 1 fully saturated rings. The highest BCUT2D eigenvalue weighted by Gasteiger charge is 2.28. The van der Waals surface area contributed by atoms with Gasteiger partial charge in [-0.15, -0.1) is 0 Å². The van der Waals surface area contributed by atoms with E-state index in [0.717, 1.165) is 25.1 Å². The number of nitrogens with zero attached hydrogens (tertiary/aromatic N) is 1. The van der Waals surface area contributed by atoms with Gasteiger partial charge < -0.3 is 15.1 Å². The Balaban J connectivity index is 2.08. The van der Waals surface area contributed by atoms with Gasteiger partial charge in [0.1, 0.15) is 0 Å². The summed E-state index contributed by atoms with van der Waals surface area (Å²) in [5.74, 6) is -0.432. The Kier molecular flexibility index (Phi) is 3.33. The van der Waals surface area contributed by atoms with Gasteiger partial charge in [0.2, 0.25) is 0 Å². The molecule has 2 N–H and O–H groups in total. The van der Waals surface area contributed by atoms with Crippen LogP contribution in [-0.2, 0) is 0 Å². The normalized spacial score (nSPS) is 22.9. The molecule has 1 aliphatic rings. The van der Waals surface area contributed by atoms with Gasteiger partial charge in [0.15, 0.2) is 0 Å². The van der Waals surface area contributed by atoms with Crippen molar-refractivity contribution >= 4 is 11.7 Å². The average molecular weight is 235 g/mol. The smallest absolute Gasteiger partial charge is 0.337 e. The van der Waals surface area contributed by atoms with Crippen LogP contribution < -0.4 is 4.90 Å². The van der Waals surface area contributed by atoms with Crippen molar-refractivity contribution in [3.63, 3.8) is 0 Å². The van der Waals surface area contributed by atoms with E-state index in [-0.39, 0.29) is 6.10 Å². The minimum Gasteiger partial charge on any atom is -0.478 e. The number of rotatable bonds is 4. The first-order chi connectivity index (χ1) is 8.08. The molecular formula is C13H17NO3. The van der Waals surface area contributed by atoms with E-state index in [1.165, 1.54) is 0 Å². The summed E-state index contributed by atoms with van der Waals surface area (Å²) < 4.78 is 0. The van der Waals surface area contributed by atoms with Crippen molar-refractivity contribution in [1.82, 2.24) is 0 Å². The van der Waals surface area contributed by atoms with Crippen molar-refractivity contribution in [1.29, 1.82) is 0 Å². The van der Waals surface area contributed by atoms with Crippen LogP contribution in [0.2, 0.25) is 0 Å². The summed E-state index contributed by atoms with van der Waals surface area (Å²) in [4.78, 5) is 13.0. The second kappa shape index (κ2) is 4.75. The van der Waals surface area contributed by atoms with Gasteiger partial charge in [-0.3, -0.25) is 0 Å². The molecule has 1 aromatic rings. The molecule has 0 saturated heterocycles. The fourth-order valence-electron chi connectivity index (χ4n) is 2.32. The van der Waals surface area contributed by atoms with E-state index in [1.54, 1.807) is 12.1 Å². The van der Waals surface area contributed by atoms with E-state index in [4.69, 9.17) is 5.11 Å². The summed E-state index contributed by atoms with van der Waals surface area (Å²) in [5.41, 5.74) is 1.07. The van der Waals surface area contributed by atoms with Crippen LogP contribution in [0.4, 0.5) is 5.69 Å². The Hall–Kier alpha value is -1.55. The SMILES string of the molecule is CN(CC1CC(O)C1)c1ccccc1C(=O)O. The van der Waals surface area contributed by atoms with Crippen molar-refractivity contribution in [2.45, 2.75) is 18.9 Å². The van der Waals surface area contributed by atoms with Crippen LogP contribution in [0.25, 0.3) is 0 Å². The number of aliphatic hydroxyl groups is 1. The van der Waals surface area contributed by atoms with Gasteiger partial charge in [-0.05, 0) is 30.9 Å². The van der Waals surface area contributed by atoms with E-state index in [1.807, 2.05) is 24.1 Å². The summed E-state index contributed by atoms with van der Waals surface area (Å²) in [7, 11) is 1.90. The maximum Gasteiger partial charge on any atom is 0.337 e. The van der Waals surface area contributed by atoms with Crippen LogP contribution in [0.1, 0.15) is 23.2 Å². The van der Waals surface area contributed by atoms with Crippen LogP contribution in [-0.4, -0.2) is 35.9 Å². The first-order valence-corrected chi connectivity index (χ1v) is 5.79. The lowest BCUT2D eigenvalue weighted by Crippen LogP contribution is -2.37. The van der Waals surface area contributed by atoms with Gasteiger partial charge in [0.05, 0.1) is 17.4 Å². The molecule has 1 saturated carbocycles. The van der Waals surface area contributed by atoms with Crippen LogP contribution in [0, 0.1) is 5.92 Å². The number of benzene rings is 1. The monoisotopic (exact) mass is 235 g/mol. The molecule has 0 heterocycles. The second-order valence-electron chi connectivity index (χ2n) is 4.69. The summed E-state index contributed by atoms with van der Waals surface area (Å²) in [6.07, 6.45) is 1.47. The van der Waals surface area contributed by atoms with Crippen molar-refractivity contribution in [2.75, 3.05) is 18.5 Å². The lowest BCUT2D eigenvalue weighted by Gasteiger charge is -2.35. The third-order valence-electron chi connectivity index (χ3n) is 3.29. The van der Waals surface area contributed by atoms with Crippen molar-refractivity contribution < 1.29 is 15.0 Å². The van der Waals surface area contributed by atoms with E-state index in [2.05, 4.69) is 0 Å². The minimum absolute atomic E-state index is 0.164. The summed E-state index contributed by atoms with van der Waals surface area (Å²) in [6, 6.07) is 7.00. The molecule has 0 spiro atoms. The maximum absolute atomic E-state index is 11.1. The highest BCUT2D eigenvalue weighted by Crippen LogP contribution is 2.29. The standard InChI is InChI=1S/C13H17NO3/c1-14(8-9-6-10(15)7-9)12-5-3-2-4-11(12)13(16)17/h2-5,9-10,15H,6-8H2,1H3,(H,16,17). The Morgan fingerprint density at radius 2 is 2.06 bits per heavy atom. The zero-order valence-electron chi connectivity index (χ0n) is 9.84. The molecule has 0 bridgehead atoms. The van der Waals surface area contributed by atoms with Gasteiger partial charge in [0, 0.05) is 13.6 Å². The fraction of sp³-hybridized carbons (Fsp3) is 0.462. The number of carbonyl (C=O) groups is 1. The minimum atomic E-state index is -0.902. The number of hydrogen-bond acceptors (Lipinski definition) is 3. The van der Waals surface area contributed by atoms with Gasteiger partial charge in [-0.25, -0.2) is 4.79 Å². The molecule has 0 unspecified atom stereocenters. The highest BCUT2D eigenvalue weighted by atomic mass is 16.4. The van der Waals surface area contributed by atoms with Gasteiger partial charge in [-0.1, -0.05) is 12.1 Å². The molecule has 1 aromatic carbocycles. The molecule has 17 heavy (non-hydrogen) atoms. The third kappa shape index (κ3) is 2.58. The quantitative estimate of drug-likeness (QED) is 0.832. The topological polar surface area (TPSA) is 60.8 Å². The van der Waals surface area contributed by atoms with Gasteiger partial charge in [-0.2, -0.15) is 0 Å². The molecule has 1 aliphatic carbocycles. The molecule has 4 heteroatoms. The van der Waals surface area contributed by atoms with Crippen molar-refractivity contribution in [2.24, 2.45) is 5.92 Å². The van der Waals surface area contributed by atoms with Crippen LogP contribution >= 0.6 is 0 Å². The molecule has 0 amide bonds.